The first-order chi connectivity index (χ1) is 12.4. The molecule has 8 nitrogen and oxygen atoms in total. The second-order valence-electron chi connectivity index (χ2n) is 5.48. The average Bonchev–Trinajstić information content (AvgIpc) is 2.91. The van der Waals surface area contributed by atoms with Crippen molar-refractivity contribution in [2.45, 2.75) is 11.4 Å². The third-order valence-electron chi connectivity index (χ3n) is 3.70. The first-order valence-electron chi connectivity index (χ1n) is 7.68. The van der Waals surface area contributed by atoms with Crippen molar-refractivity contribution in [1.82, 2.24) is 24.1 Å². The molecule has 0 unspecified atom stereocenters. The quantitative estimate of drug-likeness (QED) is 0.627. The molecule has 0 saturated carbocycles. The number of nitrogens with one attached hydrogen (secondary N) is 1. The molecule has 2 aromatic heterocycles. The highest BCUT2D eigenvalue weighted by Gasteiger charge is 2.15. The average molecular weight is 438 g/mol. The van der Waals surface area contributed by atoms with Crippen molar-refractivity contribution in [1.29, 1.82) is 0 Å². The molecule has 26 heavy (non-hydrogen) atoms. The van der Waals surface area contributed by atoms with Gasteiger partial charge in [0, 0.05) is 36.0 Å². The number of halogens is 1. The highest BCUT2D eigenvalue weighted by atomic mass is 79.9. The summed E-state index contributed by atoms with van der Waals surface area (Å²) < 4.78 is 30.4. The number of pyridine rings is 1. The van der Waals surface area contributed by atoms with E-state index in [4.69, 9.17) is 0 Å². The number of sulfonamides is 1. The zero-order valence-corrected chi connectivity index (χ0v) is 16.2. The van der Waals surface area contributed by atoms with Crippen molar-refractivity contribution in [3.05, 3.63) is 63.7 Å². The molecule has 0 aliphatic carbocycles. The summed E-state index contributed by atoms with van der Waals surface area (Å²) in [5, 5.41) is 4.27. The van der Waals surface area contributed by atoms with Crippen molar-refractivity contribution in [2.24, 2.45) is 7.05 Å². The Kier molecular flexibility index (Phi) is 5.35. The van der Waals surface area contributed by atoms with Crippen LogP contribution < -0.4 is 10.4 Å². The van der Waals surface area contributed by atoms with Crippen LogP contribution in [0.3, 0.4) is 0 Å². The predicted octanol–water partition coefficient (Wildman–Crippen LogP) is 1.38. The molecule has 0 aliphatic heterocycles. The van der Waals surface area contributed by atoms with E-state index in [0.717, 1.165) is 4.47 Å². The van der Waals surface area contributed by atoms with Crippen LogP contribution in [-0.4, -0.2) is 34.3 Å². The predicted molar refractivity (Wildman–Crippen MR) is 100 cm³/mol. The Bertz CT molecular complexity index is 1060. The Morgan fingerprint density at radius 1 is 1.19 bits per heavy atom. The standard InChI is InChI=1S/C16H16BrN5O3S/c1-21-15(12-3-2-8-18-11-12)20-22(16(21)23)10-9-19-26(24,25)14-6-4-13(17)5-7-14/h2-8,11,19H,9-10H2,1H3. The van der Waals surface area contributed by atoms with Gasteiger partial charge in [0.05, 0.1) is 11.4 Å². The minimum atomic E-state index is -3.65. The largest absolute Gasteiger partial charge is 0.345 e. The van der Waals surface area contributed by atoms with Gasteiger partial charge in [-0.3, -0.25) is 9.55 Å². The van der Waals surface area contributed by atoms with Gasteiger partial charge in [0.1, 0.15) is 0 Å². The van der Waals surface area contributed by atoms with Crippen LogP contribution in [-0.2, 0) is 23.6 Å². The van der Waals surface area contributed by atoms with Gasteiger partial charge in [-0.2, -0.15) is 0 Å². The Labute approximate surface area is 158 Å². The topological polar surface area (TPSA) is 98.9 Å². The molecule has 0 radical (unpaired) electrons. The van der Waals surface area contributed by atoms with Gasteiger partial charge in [0.15, 0.2) is 5.82 Å². The molecule has 0 saturated heterocycles. The summed E-state index contributed by atoms with van der Waals surface area (Å²) >= 11 is 3.26. The van der Waals surface area contributed by atoms with Crippen molar-refractivity contribution in [2.75, 3.05) is 6.54 Å². The molecular weight excluding hydrogens is 422 g/mol. The van der Waals surface area contributed by atoms with E-state index in [-0.39, 0.29) is 23.7 Å². The SMILES string of the molecule is Cn1c(-c2cccnc2)nn(CCNS(=O)(=O)c2ccc(Br)cc2)c1=O. The van der Waals surface area contributed by atoms with E-state index in [1.165, 1.54) is 21.4 Å². The van der Waals surface area contributed by atoms with Gasteiger partial charge in [-0.1, -0.05) is 15.9 Å². The monoisotopic (exact) mass is 437 g/mol. The second kappa shape index (κ2) is 7.52. The summed E-state index contributed by atoms with van der Waals surface area (Å²) in [5.41, 5.74) is 0.382. The highest BCUT2D eigenvalue weighted by Crippen LogP contribution is 2.14. The van der Waals surface area contributed by atoms with Crippen LogP contribution in [0, 0.1) is 0 Å². The highest BCUT2D eigenvalue weighted by molar-refractivity contribution is 9.10. The maximum atomic E-state index is 12.3. The third kappa shape index (κ3) is 3.92. The molecule has 0 spiro atoms. The molecule has 3 aromatic rings. The van der Waals surface area contributed by atoms with E-state index in [1.807, 2.05) is 0 Å². The van der Waals surface area contributed by atoms with E-state index in [9.17, 15) is 13.2 Å². The number of nitrogens with zero attached hydrogens (tertiary/aromatic N) is 4. The van der Waals surface area contributed by atoms with E-state index in [2.05, 4.69) is 30.7 Å². The molecule has 0 amide bonds. The summed E-state index contributed by atoms with van der Waals surface area (Å²) in [6.45, 7) is 0.157. The summed E-state index contributed by atoms with van der Waals surface area (Å²) in [6.07, 6.45) is 3.25. The number of rotatable bonds is 6. The van der Waals surface area contributed by atoms with Crippen molar-refractivity contribution < 1.29 is 8.42 Å². The van der Waals surface area contributed by atoms with Crippen LogP contribution in [0.15, 0.2) is 63.0 Å². The minimum Gasteiger partial charge on any atom is -0.278 e. The van der Waals surface area contributed by atoms with Crippen molar-refractivity contribution >= 4 is 26.0 Å². The Hall–Kier alpha value is -2.30. The lowest BCUT2D eigenvalue weighted by Crippen LogP contribution is -2.31. The summed E-state index contributed by atoms with van der Waals surface area (Å²) in [5.74, 6) is 0.471. The van der Waals surface area contributed by atoms with Crippen molar-refractivity contribution in [3.63, 3.8) is 0 Å². The van der Waals surface area contributed by atoms with Gasteiger partial charge in [-0.15, -0.1) is 5.10 Å². The summed E-state index contributed by atoms with van der Waals surface area (Å²) in [7, 11) is -2.04. The van der Waals surface area contributed by atoms with Gasteiger partial charge in [0.2, 0.25) is 10.0 Å². The second-order valence-corrected chi connectivity index (χ2v) is 8.16. The molecule has 0 aliphatic rings. The molecule has 0 fully saturated rings. The maximum Gasteiger partial charge on any atom is 0.345 e. The van der Waals surface area contributed by atoms with E-state index in [0.29, 0.717) is 11.4 Å². The number of hydrogen-bond acceptors (Lipinski definition) is 5. The van der Waals surface area contributed by atoms with Gasteiger partial charge < -0.3 is 0 Å². The van der Waals surface area contributed by atoms with Gasteiger partial charge in [-0.25, -0.2) is 22.6 Å². The Morgan fingerprint density at radius 2 is 1.92 bits per heavy atom. The molecule has 0 bridgehead atoms. The Morgan fingerprint density at radius 3 is 2.58 bits per heavy atom. The molecule has 10 heteroatoms. The van der Waals surface area contributed by atoms with Crippen LogP contribution in [0.25, 0.3) is 11.4 Å². The fourth-order valence-corrected chi connectivity index (χ4v) is 3.65. The van der Waals surface area contributed by atoms with Gasteiger partial charge >= 0.3 is 5.69 Å². The summed E-state index contributed by atoms with van der Waals surface area (Å²) in [6, 6.07) is 9.86. The van der Waals surface area contributed by atoms with Crippen LogP contribution in [0.1, 0.15) is 0 Å². The number of aromatic nitrogens is 4. The fourth-order valence-electron chi connectivity index (χ4n) is 2.36. The van der Waals surface area contributed by atoms with E-state index in [1.54, 1.807) is 43.7 Å². The minimum absolute atomic E-state index is 0.0434. The molecule has 1 N–H and O–H groups in total. The van der Waals surface area contributed by atoms with Crippen molar-refractivity contribution in [3.8, 4) is 11.4 Å². The molecule has 0 atom stereocenters. The summed E-state index contributed by atoms with van der Waals surface area (Å²) in [4.78, 5) is 16.5. The lowest BCUT2D eigenvalue weighted by atomic mass is 10.3. The number of hydrogen-bond donors (Lipinski definition) is 1. The lowest BCUT2D eigenvalue weighted by molar-refractivity contribution is 0.551. The van der Waals surface area contributed by atoms with Crippen LogP contribution in [0.4, 0.5) is 0 Å². The van der Waals surface area contributed by atoms with Gasteiger partial charge in [0.25, 0.3) is 0 Å². The van der Waals surface area contributed by atoms with Crippen LogP contribution in [0.5, 0.6) is 0 Å². The first kappa shape index (κ1) is 18.5. The van der Waals surface area contributed by atoms with E-state index < -0.39 is 10.0 Å². The Balaban J connectivity index is 1.73. The fraction of sp³-hybridized carbons (Fsp3) is 0.188. The van der Waals surface area contributed by atoms with Crippen LogP contribution in [0.2, 0.25) is 0 Å². The van der Waals surface area contributed by atoms with Crippen LogP contribution >= 0.6 is 15.9 Å². The normalized spacial score (nSPS) is 11.6. The lowest BCUT2D eigenvalue weighted by Gasteiger charge is -2.06. The zero-order chi connectivity index (χ0) is 18.7. The number of benzene rings is 1. The smallest absolute Gasteiger partial charge is 0.278 e. The molecule has 136 valence electrons. The zero-order valence-electron chi connectivity index (χ0n) is 13.8. The molecule has 1 aromatic carbocycles. The molecule has 3 rings (SSSR count). The molecular formula is C16H16BrN5O3S. The van der Waals surface area contributed by atoms with Gasteiger partial charge in [-0.05, 0) is 36.4 Å². The third-order valence-corrected chi connectivity index (χ3v) is 5.71. The first-order valence-corrected chi connectivity index (χ1v) is 9.95. The van der Waals surface area contributed by atoms with E-state index >= 15 is 0 Å². The molecule has 2 heterocycles. The maximum absolute atomic E-state index is 12.3.